The van der Waals surface area contributed by atoms with Gasteiger partial charge in [0.15, 0.2) is 0 Å². The van der Waals surface area contributed by atoms with Crippen molar-refractivity contribution in [2.45, 2.75) is 51.0 Å². The number of hydrogen-bond donors (Lipinski definition) is 1. The largest absolute Gasteiger partial charge is 0.460 e. The summed E-state index contributed by atoms with van der Waals surface area (Å²) in [5.74, 6) is 1.11. The van der Waals surface area contributed by atoms with Crippen molar-refractivity contribution < 1.29 is 4.42 Å². The fourth-order valence-electron chi connectivity index (χ4n) is 3.30. The summed E-state index contributed by atoms with van der Waals surface area (Å²) in [5, 5.41) is 5.51. The van der Waals surface area contributed by atoms with Crippen molar-refractivity contribution in [3.8, 4) is 0 Å². The fourth-order valence-corrected chi connectivity index (χ4v) is 3.48. The van der Waals surface area contributed by atoms with Gasteiger partial charge in [0.05, 0.1) is 0 Å². The molecule has 1 heterocycles. The molecule has 1 aliphatic rings. The Balaban J connectivity index is 1.83. The van der Waals surface area contributed by atoms with Crippen LogP contribution >= 0.6 is 11.6 Å². The highest BCUT2D eigenvalue weighted by molar-refractivity contribution is 6.31. The topological polar surface area (TPSA) is 25.2 Å². The molecule has 3 rings (SSSR count). The first-order valence-electron chi connectivity index (χ1n) is 7.54. The Morgan fingerprint density at radius 3 is 3.05 bits per heavy atom. The van der Waals surface area contributed by atoms with Crippen molar-refractivity contribution in [3.63, 3.8) is 0 Å². The van der Waals surface area contributed by atoms with E-state index >= 15 is 0 Å². The van der Waals surface area contributed by atoms with Gasteiger partial charge in [-0.1, -0.05) is 25.4 Å². The molecule has 1 aromatic carbocycles. The molecule has 2 aromatic rings. The van der Waals surface area contributed by atoms with Crippen LogP contribution in [0.15, 0.2) is 28.7 Å². The molecule has 2 atom stereocenters. The molecule has 2 unspecified atom stereocenters. The Bertz CT molecular complexity index is 606. The summed E-state index contributed by atoms with van der Waals surface area (Å²) in [4.78, 5) is 0. The van der Waals surface area contributed by atoms with E-state index in [9.17, 15) is 0 Å². The molecule has 1 aliphatic carbocycles. The third-order valence-electron chi connectivity index (χ3n) is 4.50. The Morgan fingerprint density at radius 2 is 2.25 bits per heavy atom. The molecule has 2 nitrogen and oxygen atoms in total. The van der Waals surface area contributed by atoms with E-state index < -0.39 is 0 Å². The molecule has 3 heteroatoms. The summed E-state index contributed by atoms with van der Waals surface area (Å²) in [6.07, 6.45) is 4.76. The van der Waals surface area contributed by atoms with E-state index in [1.807, 2.05) is 18.2 Å². The molecule has 1 aromatic heterocycles. The highest BCUT2D eigenvalue weighted by Crippen LogP contribution is 2.42. The average molecular weight is 292 g/mol. The van der Waals surface area contributed by atoms with Gasteiger partial charge in [0.2, 0.25) is 0 Å². The van der Waals surface area contributed by atoms with Gasteiger partial charge >= 0.3 is 0 Å². The minimum atomic E-state index is 0.150. The van der Waals surface area contributed by atoms with Crippen molar-refractivity contribution in [2.24, 2.45) is 0 Å². The predicted octanol–water partition coefficient (Wildman–Crippen LogP) is 4.90. The van der Waals surface area contributed by atoms with E-state index in [0.717, 1.165) is 34.7 Å². The van der Waals surface area contributed by atoms with Crippen LogP contribution in [0.3, 0.4) is 0 Å². The smallest absolute Gasteiger partial charge is 0.134 e. The molecule has 1 N–H and O–H groups in total. The average Bonchev–Trinajstić information content (AvgIpc) is 3.01. The van der Waals surface area contributed by atoms with Crippen LogP contribution in [-0.4, -0.2) is 12.6 Å². The summed E-state index contributed by atoms with van der Waals surface area (Å²) in [6.45, 7) is 5.64. The zero-order valence-electron chi connectivity index (χ0n) is 12.2. The lowest BCUT2D eigenvalue weighted by molar-refractivity contribution is 0.369. The first-order valence-corrected chi connectivity index (χ1v) is 7.91. The molecule has 0 radical (unpaired) electrons. The number of rotatable bonds is 4. The molecular weight excluding hydrogens is 270 g/mol. The van der Waals surface area contributed by atoms with E-state index in [-0.39, 0.29) is 5.41 Å². The number of fused-ring (bicyclic) bond motifs is 1. The SMILES string of the molecule is CCCNC1CCC(C)(c2cc3cc(Cl)ccc3o2)C1. The summed E-state index contributed by atoms with van der Waals surface area (Å²) >= 11 is 6.05. The van der Waals surface area contributed by atoms with E-state index in [4.69, 9.17) is 16.0 Å². The molecule has 20 heavy (non-hydrogen) atoms. The number of furan rings is 1. The van der Waals surface area contributed by atoms with Gasteiger partial charge < -0.3 is 9.73 Å². The minimum absolute atomic E-state index is 0.150. The summed E-state index contributed by atoms with van der Waals surface area (Å²) in [7, 11) is 0. The maximum atomic E-state index is 6.08. The van der Waals surface area contributed by atoms with Gasteiger partial charge in [-0.15, -0.1) is 0 Å². The lowest BCUT2D eigenvalue weighted by Gasteiger charge is -2.21. The van der Waals surface area contributed by atoms with Crippen LogP contribution in [0.2, 0.25) is 5.02 Å². The van der Waals surface area contributed by atoms with Gasteiger partial charge in [0, 0.05) is 21.9 Å². The van der Waals surface area contributed by atoms with E-state index in [1.54, 1.807) is 0 Å². The molecule has 0 aliphatic heterocycles. The van der Waals surface area contributed by atoms with Crippen LogP contribution in [0.1, 0.15) is 45.3 Å². The van der Waals surface area contributed by atoms with Crippen molar-refractivity contribution in [3.05, 3.63) is 35.0 Å². The fraction of sp³-hybridized carbons (Fsp3) is 0.529. The van der Waals surface area contributed by atoms with Gasteiger partial charge in [0.1, 0.15) is 11.3 Å². The number of hydrogen-bond acceptors (Lipinski definition) is 2. The third kappa shape index (κ3) is 2.59. The number of halogens is 1. The second-order valence-electron chi connectivity index (χ2n) is 6.25. The Hall–Kier alpha value is -0.990. The van der Waals surface area contributed by atoms with Crippen LogP contribution in [0.5, 0.6) is 0 Å². The van der Waals surface area contributed by atoms with Crippen molar-refractivity contribution in [1.29, 1.82) is 0 Å². The van der Waals surface area contributed by atoms with Crippen molar-refractivity contribution in [2.75, 3.05) is 6.54 Å². The molecule has 1 saturated carbocycles. The number of nitrogens with one attached hydrogen (secondary N) is 1. The molecule has 0 amide bonds. The van der Waals surface area contributed by atoms with Gasteiger partial charge in [-0.2, -0.15) is 0 Å². The minimum Gasteiger partial charge on any atom is -0.460 e. The Labute approximate surface area is 125 Å². The predicted molar refractivity (Wildman–Crippen MR) is 84.5 cm³/mol. The van der Waals surface area contributed by atoms with Crippen LogP contribution in [0.4, 0.5) is 0 Å². The summed E-state index contributed by atoms with van der Waals surface area (Å²) in [6, 6.07) is 8.63. The zero-order chi connectivity index (χ0) is 14.2. The lowest BCUT2D eigenvalue weighted by atomic mass is 9.85. The maximum Gasteiger partial charge on any atom is 0.134 e. The molecule has 1 fully saturated rings. The van der Waals surface area contributed by atoms with E-state index in [1.165, 1.54) is 19.3 Å². The van der Waals surface area contributed by atoms with Crippen LogP contribution in [0, 0.1) is 0 Å². The Kier molecular flexibility index (Phi) is 3.78. The van der Waals surface area contributed by atoms with E-state index in [0.29, 0.717) is 6.04 Å². The Morgan fingerprint density at radius 1 is 1.40 bits per heavy atom. The van der Waals surface area contributed by atoms with Crippen LogP contribution < -0.4 is 5.32 Å². The number of benzene rings is 1. The van der Waals surface area contributed by atoms with Gasteiger partial charge in [-0.05, 0) is 56.5 Å². The van der Waals surface area contributed by atoms with Crippen molar-refractivity contribution >= 4 is 22.6 Å². The summed E-state index contributed by atoms with van der Waals surface area (Å²) in [5.41, 5.74) is 1.09. The van der Waals surface area contributed by atoms with Crippen molar-refractivity contribution in [1.82, 2.24) is 5.32 Å². The third-order valence-corrected chi connectivity index (χ3v) is 4.73. The zero-order valence-corrected chi connectivity index (χ0v) is 13.0. The molecule has 0 saturated heterocycles. The van der Waals surface area contributed by atoms with Crippen LogP contribution in [0.25, 0.3) is 11.0 Å². The maximum absolute atomic E-state index is 6.08. The van der Waals surface area contributed by atoms with Gasteiger partial charge in [0.25, 0.3) is 0 Å². The normalized spacial score (nSPS) is 26.4. The standard InChI is InChI=1S/C17H22ClNO/c1-3-8-19-14-6-7-17(2,11-14)16-10-12-9-13(18)4-5-15(12)20-16/h4-5,9-10,14,19H,3,6-8,11H2,1-2H3. The molecule has 0 spiro atoms. The monoisotopic (exact) mass is 291 g/mol. The first-order chi connectivity index (χ1) is 9.60. The second-order valence-corrected chi connectivity index (χ2v) is 6.68. The molecule has 108 valence electrons. The molecule has 0 bridgehead atoms. The summed E-state index contributed by atoms with van der Waals surface area (Å²) < 4.78 is 6.08. The highest BCUT2D eigenvalue weighted by atomic mass is 35.5. The van der Waals surface area contributed by atoms with E-state index in [2.05, 4.69) is 25.2 Å². The quantitative estimate of drug-likeness (QED) is 0.867. The second kappa shape index (κ2) is 5.42. The van der Waals surface area contributed by atoms with Gasteiger partial charge in [-0.25, -0.2) is 0 Å². The van der Waals surface area contributed by atoms with Crippen LogP contribution in [-0.2, 0) is 5.41 Å². The van der Waals surface area contributed by atoms with Gasteiger partial charge in [-0.3, -0.25) is 0 Å². The lowest BCUT2D eigenvalue weighted by Crippen LogP contribution is -2.29. The first kappa shape index (κ1) is 14.0. The highest BCUT2D eigenvalue weighted by Gasteiger charge is 2.38. The molecular formula is C17H22ClNO.